The van der Waals surface area contributed by atoms with Gasteiger partial charge in [-0.05, 0) is 49.2 Å². The molecule has 3 rings (SSSR count). The minimum absolute atomic E-state index is 0.189. The van der Waals surface area contributed by atoms with Crippen LogP contribution < -0.4 is 22.1 Å². The van der Waals surface area contributed by atoms with Crippen molar-refractivity contribution in [1.29, 1.82) is 0 Å². The van der Waals surface area contributed by atoms with Crippen LogP contribution >= 0.6 is 0 Å². The number of aliphatic imine (C=N–C) groups is 4. The normalized spacial score (nSPS) is 17.7. The molecule has 2 aromatic carbocycles. The molecule has 12 heteroatoms. The highest BCUT2D eigenvalue weighted by molar-refractivity contribution is 5.93. The number of aryl methyl sites for hydroxylation is 2. The van der Waals surface area contributed by atoms with Crippen LogP contribution in [0, 0.1) is 13.8 Å². The van der Waals surface area contributed by atoms with Crippen LogP contribution in [-0.4, -0.2) is 150 Å². The maximum Gasteiger partial charge on any atom is 0.133 e. The number of nitrogens with two attached hydrogens (primary N) is 2. The maximum atomic E-state index is 10.9. The van der Waals surface area contributed by atoms with Crippen LogP contribution in [0.2, 0.25) is 0 Å². The van der Waals surface area contributed by atoms with E-state index < -0.39 is 0 Å². The summed E-state index contributed by atoms with van der Waals surface area (Å²) in [5.74, 6) is 0.378. The summed E-state index contributed by atoms with van der Waals surface area (Å²) in [5.41, 5.74) is 16.5. The molecule has 4 bridgehead atoms. The van der Waals surface area contributed by atoms with Crippen LogP contribution in [0.5, 0.6) is 11.5 Å². The van der Waals surface area contributed by atoms with E-state index >= 15 is 0 Å². The summed E-state index contributed by atoms with van der Waals surface area (Å²) in [5, 5.41) is 28.6. The van der Waals surface area contributed by atoms with Gasteiger partial charge in [0.25, 0.3) is 0 Å². The molecule has 0 saturated carbocycles. The van der Waals surface area contributed by atoms with Gasteiger partial charge in [0, 0.05) is 126 Å². The predicted octanol–water partition coefficient (Wildman–Crippen LogP) is 0.805. The number of phenols is 2. The molecule has 0 aromatic heterocycles. The van der Waals surface area contributed by atoms with Crippen LogP contribution in [0.4, 0.5) is 0 Å². The number of nitrogens with one attached hydrogen (secondary N) is 2. The second kappa shape index (κ2) is 21.3. The van der Waals surface area contributed by atoms with Gasteiger partial charge in [0.2, 0.25) is 0 Å². The fraction of sp³-hybridized carbons (Fsp3) is 0.529. The summed E-state index contributed by atoms with van der Waals surface area (Å²) < 4.78 is 0. The Balaban J connectivity index is 1.69. The molecule has 12 nitrogen and oxygen atoms in total. The second-order valence-corrected chi connectivity index (χ2v) is 11.5. The molecule has 8 N–H and O–H groups in total. The molecule has 0 amide bonds. The van der Waals surface area contributed by atoms with E-state index in [1.807, 2.05) is 38.1 Å². The zero-order valence-corrected chi connectivity index (χ0v) is 27.7. The summed E-state index contributed by atoms with van der Waals surface area (Å²) >= 11 is 0. The third kappa shape index (κ3) is 13.5. The summed E-state index contributed by atoms with van der Waals surface area (Å²) in [4.78, 5) is 22.8. The Labute approximate surface area is 274 Å². The average Bonchev–Trinajstić information content (AvgIpc) is 3.03. The third-order valence-corrected chi connectivity index (χ3v) is 7.57. The van der Waals surface area contributed by atoms with Gasteiger partial charge >= 0.3 is 0 Å². The summed E-state index contributed by atoms with van der Waals surface area (Å²) in [7, 11) is 0. The molecule has 46 heavy (non-hydrogen) atoms. The number of aromatic hydroxyl groups is 2. The molecule has 0 spiro atoms. The van der Waals surface area contributed by atoms with Gasteiger partial charge in [0.05, 0.1) is 26.2 Å². The van der Waals surface area contributed by atoms with Gasteiger partial charge in [-0.3, -0.25) is 29.8 Å². The van der Waals surface area contributed by atoms with Crippen molar-refractivity contribution in [3.8, 4) is 11.5 Å². The van der Waals surface area contributed by atoms with Crippen molar-refractivity contribution < 1.29 is 10.2 Å². The molecular weight excluding hydrogens is 580 g/mol. The number of fused-ring (bicyclic) bond motifs is 4. The van der Waals surface area contributed by atoms with Crippen molar-refractivity contribution in [2.24, 2.45) is 31.4 Å². The molecule has 2 aromatic rings. The molecule has 252 valence electrons. The molecule has 1 aliphatic heterocycles. The lowest BCUT2D eigenvalue weighted by Crippen LogP contribution is -2.37. The van der Waals surface area contributed by atoms with Crippen molar-refractivity contribution in [1.82, 2.24) is 20.4 Å². The van der Waals surface area contributed by atoms with E-state index in [1.165, 1.54) is 0 Å². The fourth-order valence-corrected chi connectivity index (χ4v) is 5.16. The first kappa shape index (κ1) is 36.9. The lowest BCUT2D eigenvalue weighted by atomic mass is 10.1. The molecule has 0 aliphatic carbocycles. The minimum Gasteiger partial charge on any atom is -0.507 e. The van der Waals surface area contributed by atoms with Crippen LogP contribution in [-0.2, 0) is 0 Å². The maximum absolute atomic E-state index is 10.9. The van der Waals surface area contributed by atoms with E-state index in [9.17, 15) is 10.2 Å². The van der Waals surface area contributed by atoms with Crippen molar-refractivity contribution in [2.45, 2.75) is 13.8 Å². The Bertz CT molecular complexity index is 1210. The lowest BCUT2D eigenvalue weighted by molar-refractivity contribution is 0.289. The summed E-state index contributed by atoms with van der Waals surface area (Å²) in [6.07, 6.45) is 6.94. The Hall–Kier alpha value is -3.52. The first-order valence-electron chi connectivity index (χ1n) is 16.3. The minimum atomic E-state index is 0.189. The van der Waals surface area contributed by atoms with E-state index in [4.69, 9.17) is 11.5 Å². The monoisotopic (exact) mass is 634 g/mol. The number of hydrogen-bond acceptors (Lipinski definition) is 12. The van der Waals surface area contributed by atoms with Crippen LogP contribution in [0.25, 0.3) is 0 Å². The summed E-state index contributed by atoms with van der Waals surface area (Å²) in [6.45, 7) is 15.4. The van der Waals surface area contributed by atoms with Crippen molar-refractivity contribution in [2.75, 3.05) is 105 Å². The number of hydrogen-bond donors (Lipinski definition) is 6. The lowest BCUT2D eigenvalue weighted by Gasteiger charge is -2.20. The van der Waals surface area contributed by atoms with Crippen LogP contribution in [0.1, 0.15) is 33.4 Å². The Morgan fingerprint density at radius 2 is 0.913 bits per heavy atom. The van der Waals surface area contributed by atoms with E-state index in [0.29, 0.717) is 61.5 Å². The standard InChI is InChI=1S/C34H54N10O2/c1-27-19-29-23-39-7-5-37-9-16-44(14-4-36)18-12-42-26-32-22-28(2)20-30(34(32)46)24-40-8-6-38-10-15-43(13-3-35)17-11-41-25-31(21-27)33(29)45/h19-26,37-38,45-46H,3-18,35-36H2,1-2H3. The van der Waals surface area contributed by atoms with Gasteiger partial charge in [-0.2, -0.15) is 0 Å². The van der Waals surface area contributed by atoms with Crippen LogP contribution in [0.15, 0.2) is 44.2 Å². The average molecular weight is 635 g/mol. The second-order valence-electron chi connectivity index (χ2n) is 11.5. The zero-order chi connectivity index (χ0) is 33.0. The third-order valence-electron chi connectivity index (χ3n) is 7.57. The van der Waals surface area contributed by atoms with Gasteiger partial charge in [0.1, 0.15) is 11.5 Å². The fourth-order valence-electron chi connectivity index (χ4n) is 5.16. The van der Waals surface area contributed by atoms with E-state index in [1.54, 1.807) is 24.9 Å². The number of rotatable bonds is 4. The molecule has 0 radical (unpaired) electrons. The largest absolute Gasteiger partial charge is 0.507 e. The Morgan fingerprint density at radius 3 is 1.26 bits per heavy atom. The number of nitrogens with zero attached hydrogens (tertiary/aromatic N) is 6. The Morgan fingerprint density at radius 1 is 0.565 bits per heavy atom. The van der Waals surface area contributed by atoms with E-state index in [0.717, 1.165) is 76.6 Å². The van der Waals surface area contributed by atoms with Gasteiger partial charge < -0.3 is 32.3 Å². The first-order chi connectivity index (χ1) is 22.4. The van der Waals surface area contributed by atoms with Gasteiger partial charge in [-0.15, -0.1) is 0 Å². The zero-order valence-electron chi connectivity index (χ0n) is 27.7. The van der Waals surface area contributed by atoms with Gasteiger partial charge in [-0.25, -0.2) is 0 Å². The van der Waals surface area contributed by atoms with E-state index in [-0.39, 0.29) is 11.5 Å². The number of benzene rings is 2. The number of phenolic OH excluding ortho intramolecular Hbond substituents is 2. The smallest absolute Gasteiger partial charge is 0.133 e. The van der Waals surface area contributed by atoms with Crippen molar-refractivity contribution >= 4 is 24.9 Å². The highest BCUT2D eigenvalue weighted by Gasteiger charge is 2.09. The van der Waals surface area contributed by atoms with Crippen LogP contribution in [0.3, 0.4) is 0 Å². The molecule has 1 aliphatic rings. The molecule has 0 fully saturated rings. The highest BCUT2D eigenvalue weighted by atomic mass is 16.3. The highest BCUT2D eigenvalue weighted by Crippen LogP contribution is 2.23. The SMILES string of the molecule is Cc1cc2c(O)c(c1)C=NCCN(CCN)CCNCCN=Cc1cc(C)cc(c1O)C=NCCN(CCN)CCNCCN=C2. The molecule has 1 heterocycles. The molecule has 0 saturated heterocycles. The predicted molar refractivity (Wildman–Crippen MR) is 192 cm³/mol. The molecular formula is C34H54N10O2. The molecule has 0 unspecified atom stereocenters. The van der Waals surface area contributed by atoms with Gasteiger partial charge in [-0.1, -0.05) is 0 Å². The van der Waals surface area contributed by atoms with Gasteiger partial charge in [0.15, 0.2) is 0 Å². The Kier molecular flexibility index (Phi) is 17.1. The topological polar surface area (TPSA) is 172 Å². The molecule has 0 atom stereocenters. The van der Waals surface area contributed by atoms with Crippen molar-refractivity contribution in [3.05, 3.63) is 57.6 Å². The quantitative estimate of drug-likeness (QED) is 0.287. The van der Waals surface area contributed by atoms with Crippen molar-refractivity contribution in [3.63, 3.8) is 0 Å². The first-order valence-corrected chi connectivity index (χ1v) is 16.3. The van der Waals surface area contributed by atoms with E-state index in [2.05, 4.69) is 40.4 Å². The summed E-state index contributed by atoms with van der Waals surface area (Å²) in [6, 6.07) is 7.73.